The maximum absolute atomic E-state index is 13.0. The van der Waals surface area contributed by atoms with Crippen LogP contribution >= 0.6 is 0 Å². The number of nitrogens with zero attached hydrogens (tertiary/aromatic N) is 4. The molecule has 1 saturated carbocycles. The van der Waals surface area contributed by atoms with Gasteiger partial charge >= 0.3 is 0 Å². The molecule has 3 heterocycles. The molecule has 5 rings (SSSR count). The summed E-state index contributed by atoms with van der Waals surface area (Å²) in [5, 5.41) is 17.5. The lowest BCUT2D eigenvalue weighted by molar-refractivity contribution is 0.129. The van der Waals surface area contributed by atoms with Crippen molar-refractivity contribution in [3.8, 4) is 0 Å². The van der Waals surface area contributed by atoms with Gasteiger partial charge in [0.15, 0.2) is 0 Å². The summed E-state index contributed by atoms with van der Waals surface area (Å²) in [6, 6.07) is 2.38. The molecule has 36 heavy (non-hydrogen) atoms. The highest BCUT2D eigenvalue weighted by Crippen LogP contribution is 2.40. The van der Waals surface area contributed by atoms with Crippen LogP contribution in [0.1, 0.15) is 64.4 Å². The minimum atomic E-state index is -2.28. The first kappa shape index (κ1) is 24.8. The lowest BCUT2D eigenvalue weighted by Gasteiger charge is -2.28. The van der Waals surface area contributed by atoms with Crippen LogP contribution in [0.25, 0.3) is 11.1 Å². The van der Waals surface area contributed by atoms with Gasteiger partial charge in [0.25, 0.3) is 0 Å². The standard InChI is InChI=1S/C28H35F2N5O/c1-17-13-20(5-9-24-27(17)21(6-10-26(29)30)14-18(2)32-24)23-11-12-35-25(23)15-31-28(34-35)33-22-7-3-19(16-36)4-8-22/h5,9,11-13,15,17,19,21-22,26,36H,3-4,6-8,10,14,16H2,1-2H3,(H,33,34)/t17-,19?,21?,22?/m0/s1. The van der Waals surface area contributed by atoms with Crippen LogP contribution in [0.5, 0.6) is 0 Å². The van der Waals surface area contributed by atoms with Gasteiger partial charge in [-0.15, -0.1) is 5.10 Å². The number of alkyl halides is 2. The Bertz CT molecular complexity index is 1220. The maximum Gasteiger partial charge on any atom is 0.241 e. The highest BCUT2D eigenvalue weighted by atomic mass is 19.3. The number of nitrogens with one attached hydrogen (secondary N) is 1. The number of aliphatic hydroxyl groups is 1. The summed E-state index contributed by atoms with van der Waals surface area (Å²) in [6.45, 7) is 4.39. The lowest BCUT2D eigenvalue weighted by Crippen LogP contribution is -2.28. The van der Waals surface area contributed by atoms with Crippen molar-refractivity contribution in [2.24, 2.45) is 22.7 Å². The number of hydrogen-bond acceptors (Lipinski definition) is 5. The van der Waals surface area contributed by atoms with Gasteiger partial charge in [0.2, 0.25) is 12.4 Å². The van der Waals surface area contributed by atoms with E-state index in [1.165, 1.54) is 0 Å². The third-order valence-electron chi connectivity index (χ3n) is 7.83. The Morgan fingerprint density at radius 3 is 2.75 bits per heavy atom. The van der Waals surface area contributed by atoms with Crippen molar-refractivity contribution >= 4 is 22.7 Å². The first-order valence-electron chi connectivity index (χ1n) is 13.1. The zero-order chi connectivity index (χ0) is 25.2. The molecule has 2 atom stereocenters. The van der Waals surface area contributed by atoms with Gasteiger partial charge in [-0.25, -0.2) is 18.3 Å². The summed E-state index contributed by atoms with van der Waals surface area (Å²) >= 11 is 0. The molecule has 2 aromatic rings. The number of rotatable bonds is 7. The second-order valence-electron chi connectivity index (χ2n) is 10.5. The summed E-state index contributed by atoms with van der Waals surface area (Å²) in [7, 11) is 0. The molecule has 1 unspecified atom stereocenters. The number of aliphatic hydroxyl groups excluding tert-OH is 1. The van der Waals surface area contributed by atoms with Crippen LogP contribution < -0.4 is 5.32 Å². The quantitative estimate of drug-likeness (QED) is 0.490. The second kappa shape index (κ2) is 10.6. The van der Waals surface area contributed by atoms with Gasteiger partial charge in [-0.3, -0.25) is 4.99 Å². The zero-order valence-electron chi connectivity index (χ0n) is 21.0. The van der Waals surface area contributed by atoms with Crippen molar-refractivity contribution in [2.45, 2.75) is 71.3 Å². The molecular weight excluding hydrogens is 460 g/mol. The minimum absolute atomic E-state index is 0.0809. The van der Waals surface area contributed by atoms with E-state index in [0.717, 1.165) is 65.7 Å². The summed E-state index contributed by atoms with van der Waals surface area (Å²) in [5.74, 6) is 1.21. The first-order valence-corrected chi connectivity index (χ1v) is 13.1. The van der Waals surface area contributed by atoms with Gasteiger partial charge < -0.3 is 10.4 Å². The maximum atomic E-state index is 13.0. The van der Waals surface area contributed by atoms with E-state index in [2.05, 4.69) is 35.4 Å². The van der Waals surface area contributed by atoms with E-state index >= 15 is 0 Å². The molecule has 0 saturated heterocycles. The van der Waals surface area contributed by atoms with Crippen LogP contribution in [0.3, 0.4) is 0 Å². The molecule has 0 aromatic carbocycles. The van der Waals surface area contributed by atoms with E-state index < -0.39 is 6.43 Å². The Labute approximate surface area is 210 Å². The molecule has 3 aliphatic rings. The monoisotopic (exact) mass is 495 g/mol. The Morgan fingerprint density at radius 1 is 1.19 bits per heavy atom. The molecule has 0 spiro atoms. The topological polar surface area (TPSA) is 74.8 Å². The summed E-state index contributed by atoms with van der Waals surface area (Å²) in [4.78, 5) is 9.38. The van der Waals surface area contributed by atoms with Crippen LogP contribution in [0.15, 0.2) is 53.0 Å². The summed E-state index contributed by atoms with van der Waals surface area (Å²) in [6.07, 6.45) is 13.1. The number of allylic oxidation sites excluding steroid dienone is 5. The largest absolute Gasteiger partial charge is 0.396 e. The molecule has 6 nitrogen and oxygen atoms in total. The van der Waals surface area contributed by atoms with Crippen molar-refractivity contribution < 1.29 is 13.9 Å². The lowest BCUT2D eigenvalue weighted by atomic mass is 9.79. The molecule has 0 bridgehead atoms. The molecular formula is C28H35F2N5O. The Morgan fingerprint density at radius 2 is 2.00 bits per heavy atom. The molecule has 0 amide bonds. The number of fused-ring (bicyclic) bond motifs is 1. The Hall–Kier alpha value is -2.87. The normalized spacial score (nSPS) is 26.6. The van der Waals surface area contributed by atoms with Gasteiger partial charge in [-0.1, -0.05) is 19.1 Å². The van der Waals surface area contributed by atoms with E-state index in [-0.39, 0.29) is 24.9 Å². The number of aliphatic imine (C=N–C) groups is 1. The van der Waals surface area contributed by atoms with Gasteiger partial charge in [-0.2, -0.15) is 0 Å². The average Bonchev–Trinajstić information content (AvgIpc) is 3.20. The fraction of sp³-hybridized carbons (Fsp3) is 0.536. The predicted molar refractivity (Wildman–Crippen MR) is 139 cm³/mol. The number of halogens is 2. The number of hydrogen-bond donors (Lipinski definition) is 2. The van der Waals surface area contributed by atoms with E-state index in [1.807, 2.05) is 29.9 Å². The van der Waals surface area contributed by atoms with E-state index in [0.29, 0.717) is 24.3 Å². The van der Waals surface area contributed by atoms with E-state index in [1.54, 1.807) is 0 Å². The third-order valence-corrected chi connectivity index (χ3v) is 7.83. The SMILES string of the molecule is CC1=NC2=C(C(CCC(F)F)C1)[C@@H](C)C=C(c1ccn3nc(NC4CCC(CO)CC4)ncc13)C=C2. The first-order chi connectivity index (χ1) is 17.4. The molecule has 8 heteroatoms. The highest BCUT2D eigenvalue weighted by molar-refractivity contribution is 5.87. The Balaban J connectivity index is 1.36. The predicted octanol–water partition coefficient (Wildman–Crippen LogP) is 6.06. The second-order valence-corrected chi connectivity index (χ2v) is 10.5. The zero-order valence-corrected chi connectivity index (χ0v) is 21.0. The third kappa shape index (κ3) is 5.28. The minimum Gasteiger partial charge on any atom is -0.396 e. The van der Waals surface area contributed by atoms with E-state index in [9.17, 15) is 13.9 Å². The molecule has 2 aliphatic carbocycles. The van der Waals surface area contributed by atoms with Crippen LogP contribution in [0.4, 0.5) is 14.7 Å². The molecule has 2 aromatic heterocycles. The van der Waals surface area contributed by atoms with Crippen LogP contribution in [0, 0.1) is 17.8 Å². The summed E-state index contributed by atoms with van der Waals surface area (Å²) in [5.41, 5.74) is 6.10. The van der Waals surface area contributed by atoms with Crippen LogP contribution in [-0.2, 0) is 0 Å². The van der Waals surface area contributed by atoms with Gasteiger partial charge in [-0.05, 0) is 86.5 Å². The number of anilines is 1. The fourth-order valence-corrected chi connectivity index (χ4v) is 5.96. The van der Waals surface area contributed by atoms with Crippen molar-refractivity contribution in [3.05, 3.63) is 53.5 Å². The molecule has 0 radical (unpaired) electrons. The molecule has 192 valence electrons. The molecule has 2 N–H and O–H groups in total. The number of aromatic nitrogens is 3. The fourth-order valence-electron chi connectivity index (χ4n) is 5.96. The van der Waals surface area contributed by atoms with Gasteiger partial charge in [0.05, 0.1) is 17.4 Å². The Kier molecular flexibility index (Phi) is 7.32. The van der Waals surface area contributed by atoms with Crippen LogP contribution in [0.2, 0.25) is 0 Å². The molecule has 1 aliphatic heterocycles. The smallest absolute Gasteiger partial charge is 0.241 e. The summed E-state index contributed by atoms with van der Waals surface area (Å²) < 4.78 is 27.8. The van der Waals surface area contributed by atoms with Gasteiger partial charge in [0.1, 0.15) is 0 Å². The van der Waals surface area contributed by atoms with Crippen molar-refractivity contribution in [1.82, 2.24) is 14.6 Å². The van der Waals surface area contributed by atoms with Crippen molar-refractivity contribution in [2.75, 3.05) is 11.9 Å². The molecule has 1 fully saturated rings. The van der Waals surface area contributed by atoms with Gasteiger partial charge in [0, 0.05) is 36.5 Å². The van der Waals surface area contributed by atoms with E-state index in [4.69, 9.17) is 10.1 Å². The van der Waals surface area contributed by atoms with Crippen LogP contribution in [-0.4, -0.2) is 44.5 Å². The highest BCUT2D eigenvalue weighted by Gasteiger charge is 2.28. The van der Waals surface area contributed by atoms with Crippen molar-refractivity contribution in [3.63, 3.8) is 0 Å². The van der Waals surface area contributed by atoms with Crippen molar-refractivity contribution in [1.29, 1.82) is 0 Å². The average molecular weight is 496 g/mol.